The maximum atomic E-state index is 13.0. The summed E-state index contributed by atoms with van der Waals surface area (Å²) in [5, 5.41) is 8.38. The summed E-state index contributed by atoms with van der Waals surface area (Å²) in [6.07, 6.45) is 0.895. The van der Waals surface area contributed by atoms with Gasteiger partial charge in [-0.2, -0.15) is 5.10 Å². The fourth-order valence-electron chi connectivity index (χ4n) is 3.49. The smallest absolute Gasteiger partial charge is 0.270 e. The molecule has 4 rings (SSSR count). The molecule has 1 saturated heterocycles. The third-order valence-electron chi connectivity index (χ3n) is 5.12. The topological polar surface area (TPSA) is 59.4 Å². The van der Waals surface area contributed by atoms with E-state index in [0.717, 1.165) is 56.2 Å². The van der Waals surface area contributed by atoms with Crippen molar-refractivity contribution in [2.45, 2.75) is 6.42 Å². The van der Waals surface area contributed by atoms with Gasteiger partial charge in [-0.25, -0.2) is 4.68 Å². The summed E-state index contributed by atoms with van der Waals surface area (Å²) in [6.45, 7) is 5.05. The summed E-state index contributed by atoms with van der Waals surface area (Å²) in [5.74, 6) is -0.137. The van der Waals surface area contributed by atoms with Gasteiger partial charge in [0.05, 0.1) is 24.6 Å². The number of aromatic nitrogens is 2. The fourth-order valence-corrected chi connectivity index (χ4v) is 3.62. The molecule has 0 atom stereocenters. The van der Waals surface area contributed by atoms with Gasteiger partial charge >= 0.3 is 0 Å². The van der Waals surface area contributed by atoms with Crippen LogP contribution in [-0.2, 0) is 4.74 Å². The van der Waals surface area contributed by atoms with Crippen molar-refractivity contribution in [1.29, 1.82) is 0 Å². The second kappa shape index (κ2) is 9.89. The van der Waals surface area contributed by atoms with Crippen LogP contribution in [0.15, 0.2) is 60.7 Å². The number of carbonyl (C=O) groups excluding carboxylic acids is 1. The van der Waals surface area contributed by atoms with E-state index in [4.69, 9.17) is 21.4 Å². The molecule has 2 aromatic carbocycles. The number of morpholine rings is 1. The number of benzene rings is 2. The summed E-state index contributed by atoms with van der Waals surface area (Å²) in [4.78, 5) is 15.3. The van der Waals surface area contributed by atoms with Gasteiger partial charge in [-0.05, 0) is 43.3 Å². The molecule has 3 aromatic rings. The summed E-state index contributed by atoms with van der Waals surface area (Å²) in [5.41, 5.74) is 3.01. The first kappa shape index (κ1) is 20.6. The van der Waals surface area contributed by atoms with E-state index in [1.54, 1.807) is 16.8 Å². The van der Waals surface area contributed by atoms with Crippen molar-refractivity contribution in [3.8, 4) is 16.9 Å². The van der Waals surface area contributed by atoms with Crippen LogP contribution in [0.3, 0.4) is 0 Å². The van der Waals surface area contributed by atoms with Crippen molar-refractivity contribution in [2.75, 3.05) is 39.4 Å². The number of rotatable bonds is 7. The summed E-state index contributed by atoms with van der Waals surface area (Å²) in [6, 6.07) is 19.0. The Morgan fingerprint density at radius 2 is 1.80 bits per heavy atom. The van der Waals surface area contributed by atoms with E-state index in [1.807, 2.05) is 48.5 Å². The lowest BCUT2D eigenvalue weighted by Gasteiger charge is -2.26. The molecule has 0 unspecified atom stereocenters. The van der Waals surface area contributed by atoms with Crippen molar-refractivity contribution in [3.63, 3.8) is 0 Å². The molecule has 1 aromatic heterocycles. The molecule has 0 aliphatic carbocycles. The van der Waals surface area contributed by atoms with Crippen LogP contribution in [0.5, 0.6) is 0 Å². The van der Waals surface area contributed by atoms with Crippen molar-refractivity contribution in [2.24, 2.45) is 0 Å². The summed E-state index contributed by atoms with van der Waals surface area (Å²) in [7, 11) is 0. The number of amides is 1. The van der Waals surface area contributed by atoms with E-state index >= 15 is 0 Å². The first-order valence-electron chi connectivity index (χ1n) is 10.2. The zero-order valence-corrected chi connectivity index (χ0v) is 17.5. The average Bonchev–Trinajstić information content (AvgIpc) is 3.24. The van der Waals surface area contributed by atoms with Gasteiger partial charge in [0.2, 0.25) is 0 Å². The lowest BCUT2D eigenvalue weighted by molar-refractivity contribution is 0.0374. The lowest BCUT2D eigenvalue weighted by atomic mass is 10.1. The Morgan fingerprint density at radius 1 is 1.07 bits per heavy atom. The number of hydrogen-bond acceptors (Lipinski definition) is 4. The number of nitrogens with zero attached hydrogens (tertiary/aromatic N) is 3. The minimum atomic E-state index is -0.137. The zero-order chi connectivity index (χ0) is 20.8. The highest BCUT2D eigenvalue weighted by molar-refractivity contribution is 6.30. The van der Waals surface area contributed by atoms with Crippen LogP contribution >= 0.6 is 11.6 Å². The number of carbonyl (C=O) groups is 1. The molecule has 30 heavy (non-hydrogen) atoms. The molecule has 0 saturated carbocycles. The van der Waals surface area contributed by atoms with E-state index in [1.165, 1.54) is 0 Å². The van der Waals surface area contributed by atoms with E-state index in [-0.39, 0.29) is 5.91 Å². The van der Waals surface area contributed by atoms with E-state index in [2.05, 4.69) is 10.2 Å². The predicted octanol–water partition coefficient (Wildman–Crippen LogP) is 3.64. The van der Waals surface area contributed by atoms with Crippen LogP contribution in [0.4, 0.5) is 0 Å². The Morgan fingerprint density at radius 3 is 2.53 bits per heavy atom. The second-order valence-corrected chi connectivity index (χ2v) is 7.67. The Kier molecular flexibility index (Phi) is 6.79. The fraction of sp³-hybridized carbons (Fsp3) is 0.304. The van der Waals surface area contributed by atoms with Gasteiger partial charge in [0, 0.05) is 30.2 Å². The molecule has 0 radical (unpaired) electrons. The molecule has 1 amide bonds. The van der Waals surface area contributed by atoms with Crippen LogP contribution in [0.25, 0.3) is 16.9 Å². The van der Waals surface area contributed by atoms with Crippen molar-refractivity contribution < 1.29 is 9.53 Å². The average molecular weight is 425 g/mol. The first-order chi connectivity index (χ1) is 14.7. The zero-order valence-electron chi connectivity index (χ0n) is 16.8. The van der Waals surface area contributed by atoms with Gasteiger partial charge in [-0.15, -0.1) is 0 Å². The third-order valence-corrected chi connectivity index (χ3v) is 5.38. The van der Waals surface area contributed by atoms with Gasteiger partial charge in [0.25, 0.3) is 5.91 Å². The molecule has 7 heteroatoms. The molecule has 156 valence electrons. The lowest BCUT2D eigenvalue weighted by Crippen LogP contribution is -2.38. The predicted molar refractivity (Wildman–Crippen MR) is 118 cm³/mol. The summed E-state index contributed by atoms with van der Waals surface area (Å²) < 4.78 is 7.05. The highest BCUT2D eigenvalue weighted by Gasteiger charge is 2.18. The van der Waals surface area contributed by atoms with Crippen LogP contribution < -0.4 is 5.32 Å². The van der Waals surface area contributed by atoms with Crippen LogP contribution in [0.2, 0.25) is 5.02 Å². The number of ether oxygens (including phenoxy) is 1. The molecule has 1 N–H and O–H groups in total. The molecule has 1 aliphatic heterocycles. The molecule has 1 fully saturated rings. The van der Waals surface area contributed by atoms with Gasteiger partial charge < -0.3 is 10.1 Å². The van der Waals surface area contributed by atoms with Crippen LogP contribution in [-0.4, -0.2) is 60.0 Å². The van der Waals surface area contributed by atoms with Crippen molar-refractivity contribution >= 4 is 17.5 Å². The highest BCUT2D eigenvalue weighted by Crippen LogP contribution is 2.22. The van der Waals surface area contributed by atoms with Gasteiger partial charge in [-0.1, -0.05) is 41.9 Å². The van der Waals surface area contributed by atoms with Crippen molar-refractivity contribution in [1.82, 2.24) is 20.0 Å². The van der Waals surface area contributed by atoms with Crippen LogP contribution in [0.1, 0.15) is 16.9 Å². The Balaban J connectivity index is 1.49. The minimum absolute atomic E-state index is 0.137. The quantitative estimate of drug-likeness (QED) is 0.588. The van der Waals surface area contributed by atoms with Gasteiger partial charge in [0.15, 0.2) is 0 Å². The second-order valence-electron chi connectivity index (χ2n) is 7.23. The van der Waals surface area contributed by atoms with Gasteiger partial charge in [0.1, 0.15) is 5.69 Å². The third kappa shape index (κ3) is 5.08. The summed E-state index contributed by atoms with van der Waals surface area (Å²) >= 11 is 6.03. The standard InChI is InChI=1S/C23H25ClN4O2/c24-19-7-9-20(10-8-19)28-22(17-21(26-28)18-5-2-1-3-6-18)23(29)25-11-4-12-27-13-15-30-16-14-27/h1-3,5-10,17H,4,11-16H2,(H,25,29). The largest absolute Gasteiger partial charge is 0.379 e. The Hall–Kier alpha value is -2.67. The normalized spacial score (nSPS) is 14.6. The van der Waals surface area contributed by atoms with E-state index in [9.17, 15) is 4.79 Å². The Bertz CT molecular complexity index is 967. The number of nitrogens with one attached hydrogen (secondary N) is 1. The molecule has 6 nitrogen and oxygen atoms in total. The van der Waals surface area contributed by atoms with Gasteiger partial charge in [-0.3, -0.25) is 9.69 Å². The molecule has 2 heterocycles. The maximum absolute atomic E-state index is 13.0. The van der Waals surface area contributed by atoms with E-state index < -0.39 is 0 Å². The maximum Gasteiger partial charge on any atom is 0.270 e. The number of halogens is 1. The Labute approximate surface area is 181 Å². The highest BCUT2D eigenvalue weighted by atomic mass is 35.5. The molecular weight excluding hydrogens is 400 g/mol. The molecule has 0 spiro atoms. The monoisotopic (exact) mass is 424 g/mol. The SMILES string of the molecule is O=C(NCCCN1CCOCC1)c1cc(-c2ccccc2)nn1-c1ccc(Cl)cc1. The molecular formula is C23H25ClN4O2. The van der Waals surface area contributed by atoms with Crippen molar-refractivity contribution in [3.05, 3.63) is 71.4 Å². The minimum Gasteiger partial charge on any atom is -0.379 e. The first-order valence-corrected chi connectivity index (χ1v) is 10.6. The van der Waals surface area contributed by atoms with Crippen LogP contribution in [0, 0.1) is 0 Å². The molecule has 1 aliphatic rings. The molecule has 0 bridgehead atoms. The van der Waals surface area contributed by atoms with E-state index in [0.29, 0.717) is 17.3 Å². The number of hydrogen-bond donors (Lipinski definition) is 1.